The Hall–Kier alpha value is -0.860. The molecule has 0 bridgehead atoms. The van der Waals surface area contributed by atoms with E-state index in [2.05, 4.69) is 49.2 Å². The van der Waals surface area contributed by atoms with Gasteiger partial charge in [0.15, 0.2) is 0 Å². The van der Waals surface area contributed by atoms with Gasteiger partial charge < -0.3 is 5.32 Å². The Morgan fingerprint density at radius 1 is 1.28 bits per heavy atom. The van der Waals surface area contributed by atoms with Crippen LogP contribution in [0.15, 0.2) is 18.2 Å². The van der Waals surface area contributed by atoms with Crippen LogP contribution < -0.4 is 5.32 Å². The number of fused-ring (bicyclic) bond motifs is 1. The molecule has 1 N–H and O–H groups in total. The van der Waals surface area contributed by atoms with Crippen molar-refractivity contribution in [3.05, 3.63) is 34.9 Å². The molecule has 1 aliphatic carbocycles. The Morgan fingerprint density at radius 3 is 2.94 bits per heavy atom. The van der Waals surface area contributed by atoms with Crippen LogP contribution in [0.3, 0.4) is 0 Å². The van der Waals surface area contributed by atoms with E-state index in [1.54, 1.807) is 11.1 Å². The van der Waals surface area contributed by atoms with Crippen molar-refractivity contribution in [3.63, 3.8) is 0 Å². The van der Waals surface area contributed by atoms with Gasteiger partial charge in [-0.05, 0) is 44.7 Å². The smallest absolute Gasteiger partial charge is 0.0358 e. The van der Waals surface area contributed by atoms with Gasteiger partial charge in [-0.15, -0.1) is 0 Å². The quantitative estimate of drug-likeness (QED) is 0.817. The van der Waals surface area contributed by atoms with Gasteiger partial charge in [-0.3, -0.25) is 4.90 Å². The van der Waals surface area contributed by atoms with Crippen LogP contribution in [0.1, 0.15) is 43.0 Å². The molecular weight excluding hydrogens is 220 g/mol. The first-order valence-electron chi connectivity index (χ1n) is 7.23. The van der Waals surface area contributed by atoms with Crippen molar-refractivity contribution < 1.29 is 0 Å². The van der Waals surface area contributed by atoms with Gasteiger partial charge in [0.25, 0.3) is 0 Å². The Balaban J connectivity index is 1.88. The third-order valence-electron chi connectivity index (χ3n) is 4.56. The molecule has 2 heteroatoms. The van der Waals surface area contributed by atoms with Gasteiger partial charge in [0.05, 0.1) is 0 Å². The maximum absolute atomic E-state index is 3.58. The van der Waals surface area contributed by atoms with Crippen LogP contribution in [-0.4, -0.2) is 30.1 Å². The fraction of sp³-hybridized carbons (Fsp3) is 0.625. The largest absolute Gasteiger partial charge is 0.311 e. The van der Waals surface area contributed by atoms with Gasteiger partial charge in [-0.2, -0.15) is 0 Å². The van der Waals surface area contributed by atoms with Gasteiger partial charge in [0, 0.05) is 31.2 Å². The Morgan fingerprint density at radius 2 is 2.11 bits per heavy atom. The highest BCUT2D eigenvalue weighted by atomic mass is 15.2. The number of nitrogens with one attached hydrogen (secondary N) is 1. The zero-order valence-electron chi connectivity index (χ0n) is 11.7. The second-order valence-electron chi connectivity index (χ2n) is 6.11. The van der Waals surface area contributed by atoms with E-state index < -0.39 is 0 Å². The van der Waals surface area contributed by atoms with Crippen LogP contribution in [0, 0.1) is 6.92 Å². The van der Waals surface area contributed by atoms with Crippen molar-refractivity contribution >= 4 is 0 Å². The lowest BCUT2D eigenvalue weighted by Gasteiger charge is -2.41. The summed E-state index contributed by atoms with van der Waals surface area (Å²) in [6, 6.07) is 8.92. The maximum Gasteiger partial charge on any atom is 0.0358 e. The summed E-state index contributed by atoms with van der Waals surface area (Å²) in [7, 11) is 0. The molecule has 1 heterocycles. The third kappa shape index (κ3) is 2.08. The highest BCUT2D eigenvalue weighted by Gasteiger charge is 2.33. The molecule has 1 saturated heterocycles. The van der Waals surface area contributed by atoms with Gasteiger partial charge >= 0.3 is 0 Å². The van der Waals surface area contributed by atoms with E-state index in [-0.39, 0.29) is 0 Å². The molecule has 0 amide bonds. The van der Waals surface area contributed by atoms with Crippen molar-refractivity contribution in [2.24, 2.45) is 0 Å². The number of benzene rings is 1. The molecule has 98 valence electrons. The molecule has 0 saturated carbocycles. The van der Waals surface area contributed by atoms with Crippen molar-refractivity contribution in [2.45, 2.75) is 51.7 Å². The lowest BCUT2D eigenvalue weighted by molar-refractivity contribution is 0.0950. The molecule has 18 heavy (non-hydrogen) atoms. The number of hydrogen-bond acceptors (Lipinski definition) is 2. The summed E-state index contributed by atoms with van der Waals surface area (Å²) >= 11 is 0. The predicted molar refractivity (Wildman–Crippen MR) is 75.9 cm³/mol. The summed E-state index contributed by atoms with van der Waals surface area (Å²) in [5, 5.41) is 3.58. The Kier molecular flexibility index (Phi) is 3.16. The normalized spacial score (nSPS) is 32.5. The molecule has 1 aliphatic heterocycles. The molecule has 3 rings (SSSR count). The van der Waals surface area contributed by atoms with Gasteiger partial charge in [0.1, 0.15) is 0 Å². The standard InChI is InChI=1S/C16H24N2/c1-11-4-5-14-6-7-16(15(14)8-11)18-10-12(2)17-9-13(18)3/h4-5,8,12-13,16-17H,6-7,9-10H2,1-3H3. The molecule has 1 aromatic rings. The summed E-state index contributed by atoms with van der Waals surface area (Å²) in [6.07, 6.45) is 2.56. The van der Waals surface area contributed by atoms with Gasteiger partial charge in [-0.1, -0.05) is 23.8 Å². The topological polar surface area (TPSA) is 15.3 Å². The van der Waals surface area contributed by atoms with E-state index in [0.717, 1.165) is 6.54 Å². The van der Waals surface area contributed by atoms with Crippen LogP contribution in [0.4, 0.5) is 0 Å². The number of hydrogen-bond donors (Lipinski definition) is 1. The minimum Gasteiger partial charge on any atom is -0.311 e. The summed E-state index contributed by atoms with van der Waals surface area (Å²) in [4.78, 5) is 2.71. The first-order valence-corrected chi connectivity index (χ1v) is 7.23. The predicted octanol–water partition coefficient (Wildman–Crippen LogP) is 2.66. The van der Waals surface area contributed by atoms with Gasteiger partial charge in [0.2, 0.25) is 0 Å². The molecule has 2 aliphatic rings. The average Bonchev–Trinajstić information content (AvgIpc) is 2.75. The molecule has 3 unspecified atom stereocenters. The first kappa shape index (κ1) is 12.2. The molecule has 0 spiro atoms. The fourth-order valence-corrected chi connectivity index (χ4v) is 3.53. The zero-order valence-corrected chi connectivity index (χ0v) is 11.7. The second kappa shape index (κ2) is 4.67. The van der Waals surface area contributed by atoms with E-state index in [9.17, 15) is 0 Å². The number of piperazine rings is 1. The third-order valence-corrected chi connectivity index (χ3v) is 4.56. The fourth-order valence-electron chi connectivity index (χ4n) is 3.53. The average molecular weight is 244 g/mol. The SMILES string of the molecule is Cc1ccc2c(c1)C(N1CC(C)NCC1C)CC2. The molecule has 3 atom stereocenters. The second-order valence-corrected chi connectivity index (χ2v) is 6.11. The van der Waals surface area contributed by atoms with Crippen LogP contribution in [0.25, 0.3) is 0 Å². The van der Waals surface area contributed by atoms with Crippen molar-refractivity contribution in [2.75, 3.05) is 13.1 Å². The van der Waals surface area contributed by atoms with Crippen LogP contribution >= 0.6 is 0 Å². The Bertz CT molecular complexity index is 441. The van der Waals surface area contributed by atoms with Crippen LogP contribution in [-0.2, 0) is 6.42 Å². The van der Waals surface area contributed by atoms with E-state index in [4.69, 9.17) is 0 Å². The molecule has 2 nitrogen and oxygen atoms in total. The lowest BCUT2D eigenvalue weighted by Crippen LogP contribution is -2.54. The minimum absolute atomic E-state index is 0.620. The highest BCUT2D eigenvalue weighted by molar-refractivity contribution is 5.37. The van der Waals surface area contributed by atoms with E-state index in [1.807, 2.05) is 0 Å². The summed E-state index contributed by atoms with van der Waals surface area (Å²) < 4.78 is 0. The number of nitrogens with zero attached hydrogens (tertiary/aromatic N) is 1. The molecule has 1 aromatic carbocycles. The highest BCUT2D eigenvalue weighted by Crippen LogP contribution is 2.37. The molecule has 0 radical (unpaired) electrons. The molecular formula is C16H24N2. The van der Waals surface area contributed by atoms with Gasteiger partial charge in [-0.25, -0.2) is 0 Å². The molecule has 1 fully saturated rings. The molecule has 0 aromatic heterocycles. The van der Waals surface area contributed by atoms with E-state index in [0.29, 0.717) is 18.1 Å². The number of rotatable bonds is 1. The number of aryl methyl sites for hydroxylation is 2. The van der Waals surface area contributed by atoms with E-state index in [1.165, 1.54) is 24.9 Å². The Labute approximate surface area is 110 Å². The van der Waals surface area contributed by atoms with Crippen molar-refractivity contribution in [1.82, 2.24) is 10.2 Å². The van der Waals surface area contributed by atoms with Crippen molar-refractivity contribution in [1.29, 1.82) is 0 Å². The summed E-state index contributed by atoms with van der Waals surface area (Å²) in [5.74, 6) is 0. The summed E-state index contributed by atoms with van der Waals surface area (Å²) in [5.41, 5.74) is 4.57. The van der Waals surface area contributed by atoms with Crippen LogP contribution in [0.5, 0.6) is 0 Å². The zero-order chi connectivity index (χ0) is 12.7. The van der Waals surface area contributed by atoms with Crippen molar-refractivity contribution in [3.8, 4) is 0 Å². The van der Waals surface area contributed by atoms with E-state index >= 15 is 0 Å². The first-order chi connectivity index (χ1) is 8.65. The lowest BCUT2D eigenvalue weighted by atomic mass is 10.0. The van der Waals surface area contributed by atoms with Crippen LogP contribution in [0.2, 0.25) is 0 Å². The summed E-state index contributed by atoms with van der Waals surface area (Å²) in [6.45, 7) is 9.16. The maximum atomic E-state index is 3.58. The monoisotopic (exact) mass is 244 g/mol. The minimum atomic E-state index is 0.620.